The molecule has 0 spiro atoms. The molecule has 1 aliphatic rings. The smallest absolute Gasteiger partial charge is 0.0467 e. The topological polar surface area (TPSA) is 21.3 Å². The van der Waals surface area contributed by atoms with Crippen molar-refractivity contribution >= 4 is 0 Å². The second kappa shape index (κ2) is 5.86. The lowest BCUT2D eigenvalue weighted by Gasteiger charge is -2.43. The first-order valence-electron chi connectivity index (χ1n) is 6.28. The molecule has 0 aromatic heterocycles. The summed E-state index contributed by atoms with van der Waals surface area (Å²) in [6, 6.07) is 0. The van der Waals surface area contributed by atoms with Crippen molar-refractivity contribution in [1.29, 1.82) is 0 Å². The van der Waals surface area contributed by atoms with Crippen LogP contribution in [-0.2, 0) is 4.74 Å². The van der Waals surface area contributed by atoms with Gasteiger partial charge in [0.25, 0.3) is 0 Å². The third-order valence-electron chi connectivity index (χ3n) is 3.88. The van der Waals surface area contributed by atoms with Crippen molar-refractivity contribution in [3.05, 3.63) is 0 Å². The average Bonchev–Trinajstić information content (AvgIpc) is 2.18. The van der Waals surface area contributed by atoms with Crippen molar-refractivity contribution in [1.82, 2.24) is 5.32 Å². The van der Waals surface area contributed by atoms with E-state index in [0.29, 0.717) is 5.41 Å². The summed E-state index contributed by atoms with van der Waals surface area (Å²) in [4.78, 5) is 0. The lowest BCUT2D eigenvalue weighted by Crippen LogP contribution is -2.44. The molecule has 0 aliphatic carbocycles. The van der Waals surface area contributed by atoms with Crippen molar-refractivity contribution in [2.75, 3.05) is 26.8 Å². The summed E-state index contributed by atoms with van der Waals surface area (Å²) in [5.74, 6) is 1.62. The van der Waals surface area contributed by atoms with Crippen LogP contribution in [0, 0.1) is 17.3 Å². The van der Waals surface area contributed by atoms with E-state index in [0.717, 1.165) is 18.4 Å². The monoisotopic (exact) mass is 213 g/mol. The standard InChI is InChI=1S/C13H27NO/c1-11(2)9-12-10-14-7-5-13(12,3)6-8-15-4/h11-12,14H,5-10H2,1-4H3. The minimum Gasteiger partial charge on any atom is -0.385 e. The molecular weight excluding hydrogens is 186 g/mol. The van der Waals surface area contributed by atoms with Crippen molar-refractivity contribution in [3.8, 4) is 0 Å². The maximum Gasteiger partial charge on any atom is 0.0467 e. The Labute approximate surface area is 94.8 Å². The summed E-state index contributed by atoms with van der Waals surface area (Å²) in [7, 11) is 1.81. The van der Waals surface area contributed by atoms with Crippen LogP contribution in [0.15, 0.2) is 0 Å². The average molecular weight is 213 g/mol. The highest BCUT2D eigenvalue weighted by atomic mass is 16.5. The van der Waals surface area contributed by atoms with Gasteiger partial charge in [-0.1, -0.05) is 20.8 Å². The van der Waals surface area contributed by atoms with Gasteiger partial charge in [-0.15, -0.1) is 0 Å². The van der Waals surface area contributed by atoms with Gasteiger partial charge in [0.15, 0.2) is 0 Å². The number of methoxy groups -OCH3 is 1. The summed E-state index contributed by atoms with van der Waals surface area (Å²) >= 11 is 0. The third-order valence-corrected chi connectivity index (χ3v) is 3.88. The van der Waals surface area contributed by atoms with Crippen molar-refractivity contribution in [3.63, 3.8) is 0 Å². The zero-order chi connectivity index (χ0) is 11.3. The van der Waals surface area contributed by atoms with Gasteiger partial charge in [-0.05, 0) is 49.6 Å². The van der Waals surface area contributed by atoms with Crippen LogP contribution in [0.4, 0.5) is 0 Å². The molecule has 15 heavy (non-hydrogen) atoms. The van der Waals surface area contributed by atoms with Crippen LogP contribution in [0.2, 0.25) is 0 Å². The van der Waals surface area contributed by atoms with Crippen LogP contribution < -0.4 is 5.32 Å². The molecule has 1 N–H and O–H groups in total. The minimum absolute atomic E-state index is 0.492. The first-order valence-corrected chi connectivity index (χ1v) is 6.28. The second-order valence-corrected chi connectivity index (χ2v) is 5.68. The fraction of sp³-hybridized carbons (Fsp3) is 1.00. The van der Waals surface area contributed by atoms with Gasteiger partial charge in [0.2, 0.25) is 0 Å². The van der Waals surface area contributed by atoms with E-state index in [1.807, 2.05) is 7.11 Å². The maximum absolute atomic E-state index is 5.24. The molecule has 2 atom stereocenters. The Kier molecular flexibility index (Phi) is 5.07. The van der Waals surface area contributed by atoms with Crippen molar-refractivity contribution in [2.45, 2.75) is 40.0 Å². The highest BCUT2D eigenvalue weighted by Crippen LogP contribution is 2.40. The predicted molar refractivity (Wildman–Crippen MR) is 65.0 cm³/mol. The van der Waals surface area contributed by atoms with Gasteiger partial charge in [-0.25, -0.2) is 0 Å². The third kappa shape index (κ3) is 3.76. The fourth-order valence-electron chi connectivity index (χ4n) is 2.70. The first-order chi connectivity index (χ1) is 7.08. The van der Waals surface area contributed by atoms with Crippen molar-refractivity contribution < 1.29 is 4.74 Å². The molecule has 0 bridgehead atoms. The summed E-state index contributed by atoms with van der Waals surface area (Å²) in [5.41, 5.74) is 0.492. The summed E-state index contributed by atoms with van der Waals surface area (Å²) < 4.78 is 5.24. The summed E-state index contributed by atoms with van der Waals surface area (Å²) in [6.45, 7) is 10.4. The molecule has 0 aromatic carbocycles. The zero-order valence-electron chi connectivity index (χ0n) is 10.8. The molecule has 0 radical (unpaired) electrons. The zero-order valence-corrected chi connectivity index (χ0v) is 10.8. The second-order valence-electron chi connectivity index (χ2n) is 5.68. The molecule has 1 aliphatic heterocycles. The molecule has 1 fully saturated rings. The van der Waals surface area contributed by atoms with Gasteiger partial charge in [0, 0.05) is 13.7 Å². The summed E-state index contributed by atoms with van der Waals surface area (Å²) in [5, 5.41) is 3.53. The number of nitrogens with one attached hydrogen (secondary N) is 1. The molecule has 1 saturated heterocycles. The maximum atomic E-state index is 5.24. The highest BCUT2D eigenvalue weighted by Gasteiger charge is 2.36. The van der Waals surface area contributed by atoms with Crippen LogP contribution in [0.5, 0.6) is 0 Å². The van der Waals surface area contributed by atoms with Gasteiger partial charge < -0.3 is 10.1 Å². The molecule has 1 heterocycles. The lowest BCUT2D eigenvalue weighted by molar-refractivity contribution is 0.0614. The van der Waals surface area contributed by atoms with E-state index < -0.39 is 0 Å². The van der Waals surface area contributed by atoms with E-state index >= 15 is 0 Å². The Bertz CT molecular complexity index is 181. The Hall–Kier alpha value is -0.0800. The van der Waals surface area contributed by atoms with Crippen LogP contribution in [-0.4, -0.2) is 26.8 Å². The molecule has 2 heteroatoms. The molecule has 2 unspecified atom stereocenters. The van der Waals surface area contributed by atoms with Gasteiger partial charge in [0.1, 0.15) is 0 Å². The van der Waals surface area contributed by atoms with Gasteiger partial charge in [0.05, 0.1) is 0 Å². The van der Waals surface area contributed by atoms with Crippen LogP contribution in [0.1, 0.15) is 40.0 Å². The molecule has 0 amide bonds. The molecule has 90 valence electrons. The highest BCUT2D eigenvalue weighted by molar-refractivity contribution is 4.88. The Morgan fingerprint density at radius 1 is 1.47 bits per heavy atom. The SMILES string of the molecule is COCCC1(C)CCNCC1CC(C)C. The van der Waals surface area contributed by atoms with E-state index in [1.165, 1.54) is 32.4 Å². The van der Waals surface area contributed by atoms with E-state index in [2.05, 4.69) is 26.1 Å². The van der Waals surface area contributed by atoms with Crippen LogP contribution >= 0.6 is 0 Å². The Morgan fingerprint density at radius 3 is 2.80 bits per heavy atom. The summed E-state index contributed by atoms with van der Waals surface area (Å²) in [6.07, 6.45) is 3.85. The van der Waals surface area contributed by atoms with E-state index in [-0.39, 0.29) is 0 Å². The first kappa shape index (κ1) is 13.0. The molecular formula is C13H27NO. The molecule has 0 aromatic rings. The van der Waals surface area contributed by atoms with Crippen molar-refractivity contribution in [2.24, 2.45) is 17.3 Å². The largest absolute Gasteiger partial charge is 0.385 e. The quantitative estimate of drug-likeness (QED) is 0.758. The van der Waals surface area contributed by atoms with E-state index in [1.54, 1.807) is 0 Å². The number of hydrogen-bond donors (Lipinski definition) is 1. The van der Waals surface area contributed by atoms with Crippen LogP contribution in [0.3, 0.4) is 0 Å². The van der Waals surface area contributed by atoms with Gasteiger partial charge in [-0.3, -0.25) is 0 Å². The predicted octanol–water partition coefficient (Wildman–Crippen LogP) is 2.68. The minimum atomic E-state index is 0.492. The molecule has 0 saturated carbocycles. The number of piperidine rings is 1. The van der Waals surface area contributed by atoms with Gasteiger partial charge in [-0.2, -0.15) is 0 Å². The number of hydrogen-bond acceptors (Lipinski definition) is 2. The Balaban J connectivity index is 2.54. The van der Waals surface area contributed by atoms with Crippen LogP contribution in [0.25, 0.3) is 0 Å². The fourth-order valence-corrected chi connectivity index (χ4v) is 2.70. The van der Waals surface area contributed by atoms with E-state index in [4.69, 9.17) is 4.74 Å². The molecule has 2 nitrogen and oxygen atoms in total. The Morgan fingerprint density at radius 2 is 2.20 bits per heavy atom. The number of ether oxygens (including phenoxy) is 1. The number of rotatable bonds is 5. The van der Waals surface area contributed by atoms with Gasteiger partial charge >= 0.3 is 0 Å². The van der Waals surface area contributed by atoms with E-state index in [9.17, 15) is 0 Å². The normalized spacial score (nSPS) is 32.2. The molecule has 1 rings (SSSR count). The lowest BCUT2D eigenvalue weighted by atomic mass is 9.67.